The van der Waals surface area contributed by atoms with Crippen molar-refractivity contribution in [1.82, 2.24) is 20.2 Å². The SMILES string of the molecule is COc1ccc(Cn2nnnc2SCC(=O)c2cc3ccccc3o2)cc1. The lowest BCUT2D eigenvalue weighted by molar-refractivity contribution is 0.0994. The molecular formula is C19H16N4O3S. The Morgan fingerprint density at radius 2 is 2.00 bits per heavy atom. The largest absolute Gasteiger partial charge is 0.497 e. The third-order valence-corrected chi connectivity index (χ3v) is 4.98. The van der Waals surface area contributed by atoms with Gasteiger partial charge < -0.3 is 9.15 Å². The fourth-order valence-electron chi connectivity index (χ4n) is 2.62. The lowest BCUT2D eigenvalue weighted by Crippen LogP contribution is -2.06. The number of rotatable bonds is 7. The highest BCUT2D eigenvalue weighted by atomic mass is 32.2. The molecule has 2 aromatic heterocycles. The first-order valence-corrected chi connectivity index (χ1v) is 9.25. The van der Waals surface area contributed by atoms with Gasteiger partial charge in [-0.05, 0) is 40.3 Å². The van der Waals surface area contributed by atoms with E-state index in [1.807, 2.05) is 48.5 Å². The second-order valence-corrected chi connectivity index (χ2v) is 6.77. The maximum Gasteiger partial charge on any atom is 0.210 e. The van der Waals surface area contributed by atoms with Gasteiger partial charge in [0.25, 0.3) is 0 Å². The quantitative estimate of drug-likeness (QED) is 0.359. The average Bonchev–Trinajstić information content (AvgIpc) is 3.33. The summed E-state index contributed by atoms with van der Waals surface area (Å²) >= 11 is 1.29. The Morgan fingerprint density at radius 1 is 1.19 bits per heavy atom. The summed E-state index contributed by atoms with van der Waals surface area (Å²) < 4.78 is 12.4. The van der Waals surface area contributed by atoms with Crippen molar-refractivity contribution in [2.45, 2.75) is 11.7 Å². The number of aromatic nitrogens is 4. The average molecular weight is 380 g/mol. The summed E-state index contributed by atoms with van der Waals surface area (Å²) in [5.41, 5.74) is 1.74. The van der Waals surface area contributed by atoms with Gasteiger partial charge in [0.2, 0.25) is 10.9 Å². The summed E-state index contributed by atoms with van der Waals surface area (Å²) in [5, 5.41) is 13.2. The van der Waals surface area contributed by atoms with Gasteiger partial charge in [0.15, 0.2) is 5.76 Å². The van der Waals surface area contributed by atoms with Crippen LogP contribution in [0, 0.1) is 0 Å². The van der Waals surface area contributed by atoms with E-state index in [0.29, 0.717) is 23.0 Å². The molecule has 0 spiro atoms. The molecule has 0 saturated heterocycles. The number of Topliss-reactive ketones (excluding diaryl/α,β-unsaturated/α-hetero) is 1. The summed E-state index contributed by atoms with van der Waals surface area (Å²) in [6.07, 6.45) is 0. The van der Waals surface area contributed by atoms with Crippen LogP contribution in [-0.4, -0.2) is 38.9 Å². The Labute approximate surface area is 159 Å². The normalized spacial score (nSPS) is 11.0. The van der Waals surface area contributed by atoms with Crippen LogP contribution < -0.4 is 4.74 Å². The van der Waals surface area contributed by atoms with Gasteiger partial charge in [0, 0.05) is 5.39 Å². The Morgan fingerprint density at radius 3 is 2.78 bits per heavy atom. The molecule has 0 aliphatic carbocycles. The number of ether oxygens (including phenoxy) is 1. The molecule has 0 bridgehead atoms. The molecule has 0 saturated carbocycles. The molecule has 0 N–H and O–H groups in total. The maximum atomic E-state index is 12.4. The Balaban J connectivity index is 1.42. The zero-order chi connectivity index (χ0) is 18.6. The number of hydrogen-bond acceptors (Lipinski definition) is 7. The van der Waals surface area contributed by atoms with E-state index in [4.69, 9.17) is 9.15 Å². The number of para-hydroxylation sites is 1. The summed E-state index contributed by atoms with van der Waals surface area (Å²) in [5.74, 6) is 1.23. The van der Waals surface area contributed by atoms with Crippen molar-refractivity contribution in [2.75, 3.05) is 12.9 Å². The Bertz CT molecular complexity index is 1040. The van der Waals surface area contributed by atoms with Gasteiger partial charge in [0.1, 0.15) is 11.3 Å². The van der Waals surface area contributed by atoms with E-state index in [0.717, 1.165) is 16.7 Å². The standard InChI is InChI=1S/C19H16N4O3S/c1-25-15-8-6-13(7-9-15)11-23-19(20-21-22-23)27-12-16(24)18-10-14-4-2-3-5-17(14)26-18/h2-10H,11-12H2,1H3. The van der Waals surface area contributed by atoms with E-state index in [9.17, 15) is 4.79 Å². The van der Waals surface area contributed by atoms with Gasteiger partial charge in [0.05, 0.1) is 19.4 Å². The van der Waals surface area contributed by atoms with Gasteiger partial charge >= 0.3 is 0 Å². The lowest BCUT2D eigenvalue weighted by atomic mass is 10.2. The van der Waals surface area contributed by atoms with Crippen LogP contribution in [0.1, 0.15) is 16.1 Å². The van der Waals surface area contributed by atoms with E-state index in [1.54, 1.807) is 17.9 Å². The van der Waals surface area contributed by atoms with Crippen LogP contribution in [0.3, 0.4) is 0 Å². The molecule has 2 heterocycles. The van der Waals surface area contributed by atoms with Crippen LogP contribution in [0.4, 0.5) is 0 Å². The molecule has 2 aromatic carbocycles. The van der Waals surface area contributed by atoms with E-state index >= 15 is 0 Å². The highest BCUT2D eigenvalue weighted by Gasteiger charge is 2.15. The van der Waals surface area contributed by atoms with Crippen molar-refractivity contribution in [2.24, 2.45) is 0 Å². The molecule has 0 amide bonds. The summed E-state index contributed by atoms with van der Waals surface area (Å²) in [6.45, 7) is 0.512. The predicted octanol–water partition coefficient (Wildman–Crippen LogP) is 3.45. The number of hydrogen-bond donors (Lipinski definition) is 0. The molecule has 0 aliphatic rings. The van der Waals surface area contributed by atoms with Crippen molar-refractivity contribution in [3.05, 3.63) is 65.9 Å². The van der Waals surface area contributed by atoms with E-state index in [1.165, 1.54) is 11.8 Å². The van der Waals surface area contributed by atoms with Crippen LogP contribution in [0.2, 0.25) is 0 Å². The van der Waals surface area contributed by atoms with Crippen LogP contribution in [0.15, 0.2) is 64.2 Å². The number of tetrazole rings is 1. The second kappa shape index (κ2) is 7.63. The number of carbonyl (C=O) groups is 1. The number of furan rings is 1. The zero-order valence-electron chi connectivity index (χ0n) is 14.5. The summed E-state index contributed by atoms with van der Waals surface area (Å²) in [6, 6.07) is 17.0. The molecule has 27 heavy (non-hydrogen) atoms. The molecule has 136 valence electrons. The van der Waals surface area contributed by atoms with Crippen molar-refractivity contribution >= 4 is 28.5 Å². The van der Waals surface area contributed by atoms with Gasteiger partial charge in [-0.3, -0.25) is 4.79 Å². The molecule has 0 atom stereocenters. The molecule has 4 rings (SSSR count). The van der Waals surface area contributed by atoms with Gasteiger partial charge in [-0.25, -0.2) is 4.68 Å². The smallest absolute Gasteiger partial charge is 0.210 e. The number of fused-ring (bicyclic) bond motifs is 1. The molecule has 4 aromatic rings. The highest BCUT2D eigenvalue weighted by molar-refractivity contribution is 7.99. The fraction of sp³-hybridized carbons (Fsp3) is 0.158. The molecular weight excluding hydrogens is 364 g/mol. The number of benzene rings is 2. The van der Waals surface area contributed by atoms with E-state index in [2.05, 4.69) is 15.5 Å². The first kappa shape index (κ1) is 17.3. The minimum Gasteiger partial charge on any atom is -0.497 e. The predicted molar refractivity (Wildman–Crippen MR) is 101 cm³/mol. The van der Waals surface area contributed by atoms with Gasteiger partial charge in [-0.2, -0.15) is 0 Å². The molecule has 0 unspecified atom stereocenters. The highest BCUT2D eigenvalue weighted by Crippen LogP contribution is 2.22. The van der Waals surface area contributed by atoms with Gasteiger partial charge in [-0.15, -0.1) is 5.10 Å². The number of carbonyl (C=O) groups excluding carboxylic acids is 1. The third kappa shape index (κ3) is 3.85. The lowest BCUT2D eigenvalue weighted by Gasteiger charge is -2.05. The maximum absolute atomic E-state index is 12.4. The molecule has 8 heteroatoms. The summed E-state index contributed by atoms with van der Waals surface area (Å²) in [4.78, 5) is 12.4. The van der Waals surface area contributed by atoms with Crippen LogP contribution >= 0.6 is 11.8 Å². The molecule has 7 nitrogen and oxygen atoms in total. The van der Waals surface area contributed by atoms with Crippen LogP contribution in [0.5, 0.6) is 5.75 Å². The fourth-order valence-corrected chi connectivity index (χ4v) is 3.37. The third-order valence-electron chi connectivity index (χ3n) is 4.02. The summed E-state index contributed by atoms with van der Waals surface area (Å²) in [7, 11) is 1.63. The minimum atomic E-state index is -0.102. The monoisotopic (exact) mass is 380 g/mol. The number of nitrogens with zero attached hydrogens (tertiary/aromatic N) is 4. The number of methoxy groups -OCH3 is 1. The number of thioether (sulfide) groups is 1. The zero-order valence-corrected chi connectivity index (χ0v) is 15.3. The Hall–Kier alpha value is -3.13. The molecule has 0 aliphatic heterocycles. The molecule has 0 fully saturated rings. The first-order valence-electron chi connectivity index (χ1n) is 8.26. The van der Waals surface area contributed by atoms with Crippen molar-refractivity contribution in [3.63, 3.8) is 0 Å². The van der Waals surface area contributed by atoms with Crippen molar-refractivity contribution < 1.29 is 13.9 Å². The van der Waals surface area contributed by atoms with Crippen LogP contribution in [-0.2, 0) is 6.54 Å². The van der Waals surface area contributed by atoms with E-state index in [-0.39, 0.29) is 11.5 Å². The van der Waals surface area contributed by atoms with Crippen molar-refractivity contribution in [1.29, 1.82) is 0 Å². The van der Waals surface area contributed by atoms with Crippen molar-refractivity contribution in [3.8, 4) is 5.75 Å². The topological polar surface area (TPSA) is 83.0 Å². The van der Waals surface area contributed by atoms with Gasteiger partial charge in [-0.1, -0.05) is 42.1 Å². The Kier molecular flexibility index (Phi) is 4.88. The second-order valence-electron chi connectivity index (χ2n) is 5.83. The van der Waals surface area contributed by atoms with Crippen LogP contribution in [0.25, 0.3) is 11.0 Å². The minimum absolute atomic E-state index is 0.102. The van der Waals surface area contributed by atoms with E-state index < -0.39 is 0 Å². The number of ketones is 1. The molecule has 0 radical (unpaired) electrons. The first-order chi connectivity index (χ1) is 13.2.